The van der Waals surface area contributed by atoms with Crippen molar-refractivity contribution in [1.82, 2.24) is 14.8 Å². The summed E-state index contributed by atoms with van der Waals surface area (Å²) in [5.74, 6) is 1.60. The third-order valence-electron chi connectivity index (χ3n) is 7.81. The topological polar surface area (TPSA) is 72.8 Å². The summed E-state index contributed by atoms with van der Waals surface area (Å²) in [5, 5.41) is 4.18. The highest BCUT2D eigenvalue weighted by Gasteiger charge is 2.48. The van der Waals surface area contributed by atoms with Crippen LogP contribution >= 0.6 is 0 Å². The molecule has 192 valence electrons. The van der Waals surface area contributed by atoms with Gasteiger partial charge in [0.05, 0.1) is 26.3 Å². The van der Waals surface area contributed by atoms with Gasteiger partial charge in [0.25, 0.3) is 5.91 Å². The predicted molar refractivity (Wildman–Crippen MR) is 138 cm³/mol. The number of rotatable bonds is 7. The Morgan fingerprint density at radius 2 is 1.71 bits per heavy atom. The van der Waals surface area contributed by atoms with Gasteiger partial charge >= 0.3 is 0 Å². The van der Waals surface area contributed by atoms with Crippen LogP contribution in [0, 0.1) is 5.92 Å². The van der Waals surface area contributed by atoms with Gasteiger partial charge in [0, 0.05) is 18.0 Å². The van der Waals surface area contributed by atoms with Crippen LogP contribution in [0.15, 0.2) is 18.2 Å². The number of amides is 2. The van der Waals surface area contributed by atoms with Gasteiger partial charge in [-0.05, 0) is 50.3 Å². The van der Waals surface area contributed by atoms with Crippen LogP contribution in [0.4, 0.5) is 0 Å². The molecule has 0 radical (unpaired) electrons. The zero-order chi connectivity index (χ0) is 25.2. The Morgan fingerprint density at radius 1 is 1.09 bits per heavy atom. The molecule has 2 heterocycles. The summed E-state index contributed by atoms with van der Waals surface area (Å²) in [6.45, 7) is 7.13. The van der Waals surface area contributed by atoms with Crippen molar-refractivity contribution in [3.63, 3.8) is 0 Å². The monoisotopic (exact) mass is 483 g/mol. The minimum absolute atomic E-state index is 0.0606. The van der Waals surface area contributed by atoms with E-state index in [-0.39, 0.29) is 17.9 Å². The number of hydrogen-bond acceptors (Lipinski definition) is 4. The molecule has 0 bridgehead atoms. The number of methoxy groups -OCH3 is 2. The predicted octanol–water partition coefficient (Wildman–Crippen LogP) is 5.15. The SMILES string of the molecule is COc1ccc(OC)c2c1cc1n2CC(C)(C(=O)NC2CCCCCCC2)N(CCC(C)C)C1=O. The maximum Gasteiger partial charge on any atom is 0.271 e. The quantitative estimate of drug-likeness (QED) is 0.591. The Balaban J connectivity index is 1.75. The third kappa shape index (κ3) is 4.87. The van der Waals surface area contributed by atoms with Crippen molar-refractivity contribution in [3.05, 3.63) is 23.9 Å². The van der Waals surface area contributed by atoms with E-state index < -0.39 is 5.54 Å². The summed E-state index contributed by atoms with van der Waals surface area (Å²) in [6, 6.07) is 5.76. The molecule has 1 aliphatic carbocycles. The van der Waals surface area contributed by atoms with Crippen LogP contribution in [-0.4, -0.2) is 53.6 Å². The van der Waals surface area contributed by atoms with E-state index in [9.17, 15) is 9.59 Å². The summed E-state index contributed by atoms with van der Waals surface area (Å²) in [5.41, 5.74) is 0.368. The molecule has 1 fully saturated rings. The van der Waals surface area contributed by atoms with Crippen LogP contribution in [0.2, 0.25) is 0 Å². The third-order valence-corrected chi connectivity index (χ3v) is 7.81. The molecule has 1 atom stereocenters. The van der Waals surface area contributed by atoms with Crippen LogP contribution in [0.1, 0.15) is 82.6 Å². The number of nitrogens with one attached hydrogen (secondary N) is 1. The number of benzene rings is 1. The van der Waals surface area contributed by atoms with Gasteiger partial charge in [0.1, 0.15) is 22.7 Å². The van der Waals surface area contributed by atoms with Crippen molar-refractivity contribution in [2.75, 3.05) is 20.8 Å². The van der Waals surface area contributed by atoms with Crippen LogP contribution in [0.5, 0.6) is 11.5 Å². The molecule has 2 amide bonds. The van der Waals surface area contributed by atoms with Crippen LogP contribution in [0.25, 0.3) is 10.9 Å². The van der Waals surface area contributed by atoms with Gasteiger partial charge in [-0.25, -0.2) is 0 Å². The Labute approximate surface area is 209 Å². The molecule has 1 saturated carbocycles. The second kappa shape index (κ2) is 10.5. The van der Waals surface area contributed by atoms with Crippen molar-refractivity contribution in [2.24, 2.45) is 5.92 Å². The van der Waals surface area contributed by atoms with E-state index >= 15 is 0 Å². The van der Waals surface area contributed by atoms with Gasteiger partial charge in [-0.15, -0.1) is 0 Å². The van der Waals surface area contributed by atoms with Crippen molar-refractivity contribution in [1.29, 1.82) is 0 Å². The van der Waals surface area contributed by atoms with E-state index in [1.165, 1.54) is 19.3 Å². The first-order chi connectivity index (χ1) is 16.8. The highest BCUT2D eigenvalue weighted by Crippen LogP contribution is 2.40. The molecule has 35 heavy (non-hydrogen) atoms. The van der Waals surface area contributed by atoms with Crippen LogP contribution in [0.3, 0.4) is 0 Å². The summed E-state index contributed by atoms with van der Waals surface area (Å²) in [4.78, 5) is 29.7. The maximum absolute atomic E-state index is 14.0. The summed E-state index contributed by atoms with van der Waals surface area (Å²) >= 11 is 0. The number of carbonyl (C=O) groups is 2. The number of carbonyl (C=O) groups excluding carboxylic acids is 2. The minimum Gasteiger partial charge on any atom is -0.496 e. The summed E-state index contributed by atoms with van der Waals surface area (Å²) in [7, 11) is 3.25. The first kappa shape index (κ1) is 25.4. The molecule has 0 saturated heterocycles. The Morgan fingerprint density at radius 3 is 2.34 bits per heavy atom. The van der Waals surface area contributed by atoms with Crippen molar-refractivity contribution in [3.8, 4) is 11.5 Å². The van der Waals surface area contributed by atoms with Crippen molar-refractivity contribution >= 4 is 22.7 Å². The van der Waals surface area contributed by atoms with Gasteiger partial charge in [-0.2, -0.15) is 0 Å². The lowest BCUT2D eigenvalue weighted by Crippen LogP contribution is -2.65. The Kier molecular flexibility index (Phi) is 7.62. The molecule has 1 N–H and O–H groups in total. The lowest BCUT2D eigenvalue weighted by Gasteiger charge is -2.45. The first-order valence-corrected chi connectivity index (χ1v) is 13.2. The molecule has 0 spiro atoms. The lowest BCUT2D eigenvalue weighted by atomic mass is 9.91. The van der Waals surface area contributed by atoms with Crippen molar-refractivity contribution < 1.29 is 19.1 Å². The van der Waals surface area contributed by atoms with E-state index in [1.54, 1.807) is 19.1 Å². The maximum atomic E-state index is 14.0. The molecule has 2 aromatic rings. The highest BCUT2D eigenvalue weighted by molar-refractivity contribution is 6.05. The number of ether oxygens (including phenoxy) is 2. The molecule has 7 nitrogen and oxygen atoms in total. The lowest BCUT2D eigenvalue weighted by molar-refractivity contribution is -0.133. The molecule has 1 aromatic heterocycles. The van der Waals surface area contributed by atoms with Crippen molar-refractivity contribution in [2.45, 2.75) is 90.3 Å². The van der Waals surface area contributed by atoms with E-state index in [0.29, 0.717) is 36.2 Å². The second-order valence-corrected chi connectivity index (χ2v) is 10.8. The molecule has 7 heteroatoms. The zero-order valence-electron chi connectivity index (χ0n) is 22.0. The number of nitrogens with zero attached hydrogens (tertiary/aromatic N) is 2. The molecule has 4 rings (SSSR count). The van der Waals surface area contributed by atoms with E-state index in [0.717, 1.165) is 43.0 Å². The number of hydrogen-bond donors (Lipinski definition) is 1. The fourth-order valence-corrected chi connectivity index (χ4v) is 5.63. The number of aromatic nitrogens is 1. The fourth-order valence-electron chi connectivity index (χ4n) is 5.63. The van der Waals surface area contributed by atoms with Crippen LogP contribution in [-0.2, 0) is 11.3 Å². The van der Waals surface area contributed by atoms with Gasteiger partial charge in [0.2, 0.25) is 5.91 Å². The molecule has 1 aliphatic heterocycles. The van der Waals surface area contributed by atoms with Gasteiger partial charge in [-0.3, -0.25) is 9.59 Å². The molecule has 2 aliphatic rings. The smallest absolute Gasteiger partial charge is 0.271 e. The molecular weight excluding hydrogens is 442 g/mol. The summed E-state index contributed by atoms with van der Waals surface area (Å²) < 4.78 is 13.2. The normalized spacial score (nSPS) is 21.5. The average molecular weight is 484 g/mol. The zero-order valence-corrected chi connectivity index (χ0v) is 22.0. The molecule has 1 aromatic carbocycles. The van der Waals surface area contributed by atoms with E-state index in [4.69, 9.17) is 9.47 Å². The highest BCUT2D eigenvalue weighted by atomic mass is 16.5. The average Bonchev–Trinajstić information content (AvgIpc) is 3.19. The van der Waals surface area contributed by atoms with Gasteiger partial charge in [0.15, 0.2) is 0 Å². The van der Waals surface area contributed by atoms with E-state index in [1.807, 2.05) is 29.7 Å². The fraction of sp³-hybridized carbons (Fsp3) is 0.643. The molecular formula is C28H41N3O4. The minimum atomic E-state index is -0.999. The van der Waals surface area contributed by atoms with Gasteiger partial charge < -0.3 is 24.3 Å². The first-order valence-electron chi connectivity index (χ1n) is 13.2. The number of fused-ring (bicyclic) bond motifs is 3. The Bertz CT molecular complexity index is 1070. The van der Waals surface area contributed by atoms with E-state index in [2.05, 4.69) is 19.2 Å². The largest absolute Gasteiger partial charge is 0.496 e. The van der Waals surface area contributed by atoms with Crippen LogP contribution < -0.4 is 14.8 Å². The molecule has 1 unspecified atom stereocenters. The second-order valence-electron chi connectivity index (χ2n) is 10.8. The standard InChI is InChI=1S/C28H41N3O4/c1-19(2)15-16-31-26(32)22-17-21-23(34-4)13-14-24(35-5)25(21)30(22)18-28(31,3)27(33)29-20-11-9-7-6-8-10-12-20/h13-14,17,19-20H,6-12,15-16,18H2,1-5H3,(H,29,33). The Hall–Kier alpha value is -2.70. The summed E-state index contributed by atoms with van der Waals surface area (Å²) in [6.07, 6.45) is 8.86. The van der Waals surface area contributed by atoms with Gasteiger partial charge in [-0.1, -0.05) is 46.0 Å².